The minimum atomic E-state index is -0.893. The molecule has 0 aliphatic carbocycles. The van der Waals surface area contributed by atoms with Gasteiger partial charge in [0, 0.05) is 6.08 Å². The minimum Gasteiger partial charge on any atom is -0.389 e. The Kier molecular flexibility index (Phi) is 2.38. The summed E-state index contributed by atoms with van der Waals surface area (Å²) in [5.41, 5.74) is -1.69. The third kappa shape index (κ3) is 2.40. The molecular formula is C6H5N3O4. The van der Waals surface area contributed by atoms with Gasteiger partial charge >= 0.3 is 23.4 Å². The van der Waals surface area contributed by atoms with Gasteiger partial charge in [-0.15, -0.1) is 4.98 Å². The van der Waals surface area contributed by atoms with Crippen LogP contribution in [-0.4, -0.2) is 20.9 Å². The van der Waals surface area contributed by atoms with Gasteiger partial charge in [0.25, 0.3) is 0 Å². The van der Waals surface area contributed by atoms with Gasteiger partial charge < -0.3 is 4.74 Å². The van der Waals surface area contributed by atoms with Crippen molar-refractivity contribution in [3.05, 3.63) is 33.6 Å². The Morgan fingerprint density at radius 1 is 1.46 bits per heavy atom. The quantitative estimate of drug-likeness (QED) is 0.431. The molecule has 0 saturated carbocycles. The maximum Gasteiger partial charge on any atom is 0.353 e. The number of carbonyl (C=O) groups excluding carboxylic acids is 1. The zero-order valence-electron chi connectivity index (χ0n) is 6.36. The van der Waals surface area contributed by atoms with Crippen LogP contribution in [0.15, 0.2) is 22.2 Å². The molecule has 68 valence electrons. The summed E-state index contributed by atoms with van der Waals surface area (Å²) in [4.78, 5) is 38.8. The van der Waals surface area contributed by atoms with Crippen molar-refractivity contribution in [1.29, 1.82) is 0 Å². The van der Waals surface area contributed by atoms with Crippen molar-refractivity contribution in [2.45, 2.75) is 0 Å². The van der Waals surface area contributed by atoms with Crippen LogP contribution in [0.25, 0.3) is 0 Å². The van der Waals surface area contributed by atoms with Gasteiger partial charge in [0.2, 0.25) is 0 Å². The summed E-state index contributed by atoms with van der Waals surface area (Å²) in [5, 5.41) is 0. The number of aromatic nitrogens is 3. The molecule has 7 nitrogen and oxygen atoms in total. The van der Waals surface area contributed by atoms with Gasteiger partial charge in [0.15, 0.2) is 0 Å². The second-order valence-electron chi connectivity index (χ2n) is 1.93. The van der Waals surface area contributed by atoms with Crippen LogP contribution in [0.2, 0.25) is 0 Å². The monoisotopic (exact) mass is 183 g/mol. The van der Waals surface area contributed by atoms with Crippen molar-refractivity contribution in [2.75, 3.05) is 0 Å². The molecule has 0 fully saturated rings. The molecule has 0 unspecified atom stereocenters. The molecule has 0 spiro atoms. The highest BCUT2D eigenvalue weighted by molar-refractivity contribution is 5.82. The van der Waals surface area contributed by atoms with Crippen LogP contribution in [0.4, 0.5) is 0 Å². The standard InChI is InChI=1S/C6H5N3O4/c1-2-3(10)13-6-8-4(11)7-5(12)9-6/h2H,1H2,(H2,7,8,9,11,12). The zero-order chi connectivity index (χ0) is 9.84. The molecule has 2 N–H and O–H groups in total. The highest BCUT2D eigenvalue weighted by Crippen LogP contribution is 1.91. The number of H-pyrrole nitrogens is 2. The van der Waals surface area contributed by atoms with Crippen LogP contribution in [0.5, 0.6) is 6.01 Å². The maximum absolute atomic E-state index is 10.6. The van der Waals surface area contributed by atoms with Gasteiger partial charge in [-0.05, 0) is 0 Å². The number of aromatic amines is 2. The fourth-order valence-corrected chi connectivity index (χ4v) is 0.559. The van der Waals surface area contributed by atoms with E-state index in [-0.39, 0.29) is 0 Å². The van der Waals surface area contributed by atoms with Crippen molar-refractivity contribution in [1.82, 2.24) is 15.0 Å². The summed E-state index contributed by atoms with van der Waals surface area (Å²) in [7, 11) is 0. The van der Waals surface area contributed by atoms with Gasteiger partial charge in [0.05, 0.1) is 0 Å². The molecule has 0 saturated heterocycles. The lowest BCUT2D eigenvalue weighted by Gasteiger charge is -1.95. The Morgan fingerprint density at radius 2 is 2.15 bits per heavy atom. The third-order valence-corrected chi connectivity index (χ3v) is 1.01. The lowest BCUT2D eigenvalue weighted by Crippen LogP contribution is -2.26. The Bertz CT molecular complexity index is 415. The molecule has 0 aromatic carbocycles. The maximum atomic E-state index is 10.6. The van der Waals surface area contributed by atoms with E-state index in [0.29, 0.717) is 0 Å². The molecule has 0 atom stereocenters. The first-order chi connectivity index (χ1) is 6.11. The minimum absolute atomic E-state index is 0.460. The normalized spacial score (nSPS) is 9.23. The zero-order valence-corrected chi connectivity index (χ0v) is 6.36. The molecule has 1 aromatic heterocycles. The summed E-state index contributed by atoms with van der Waals surface area (Å²) in [6, 6.07) is -0.460. The smallest absolute Gasteiger partial charge is 0.353 e. The van der Waals surface area contributed by atoms with E-state index >= 15 is 0 Å². The molecular weight excluding hydrogens is 178 g/mol. The fourth-order valence-electron chi connectivity index (χ4n) is 0.559. The van der Waals surface area contributed by atoms with Crippen LogP contribution < -0.4 is 16.1 Å². The van der Waals surface area contributed by atoms with Crippen molar-refractivity contribution in [3.8, 4) is 6.01 Å². The number of rotatable bonds is 2. The highest BCUT2D eigenvalue weighted by Gasteiger charge is 2.02. The summed E-state index contributed by atoms with van der Waals surface area (Å²) >= 11 is 0. The predicted octanol–water partition coefficient (Wildman–Crippen LogP) is -1.45. The molecule has 1 heterocycles. The van der Waals surface area contributed by atoms with E-state index in [9.17, 15) is 14.4 Å². The predicted molar refractivity (Wildman–Crippen MR) is 41.3 cm³/mol. The fraction of sp³-hybridized carbons (Fsp3) is 0. The first kappa shape index (κ1) is 8.91. The summed E-state index contributed by atoms with van der Waals surface area (Å²) in [6.45, 7) is 3.12. The summed E-state index contributed by atoms with van der Waals surface area (Å²) in [6.07, 6.45) is 0.876. The van der Waals surface area contributed by atoms with Crippen LogP contribution in [0, 0.1) is 0 Å². The second-order valence-corrected chi connectivity index (χ2v) is 1.93. The van der Waals surface area contributed by atoms with Gasteiger partial charge in [0.1, 0.15) is 0 Å². The average molecular weight is 183 g/mol. The summed E-state index contributed by atoms with van der Waals surface area (Å²) in [5.74, 6) is -0.811. The SMILES string of the molecule is C=CC(=O)Oc1nc(=O)[nH]c(=O)[nH]1. The van der Waals surface area contributed by atoms with Crippen molar-refractivity contribution in [3.63, 3.8) is 0 Å². The topological polar surface area (TPSA) is 105 Å². The Balaban J connectivity index is 3.02. The Labute approximate surface area is 71.1 Å². The molecule has 0 radical (unpaired) electrons. The average Bonchev–Trinajstić information content (AvgIpc) is 2.02. The lowest BCUT2D eigenvalue weighted by molar-refractivity contribution is -0.129. The van der Waals surface area contributed by atoms with Crippen LogP contribution in [0.1, 0.15) is 0 Å². The Hall–Kier alpha value is -2.18. The largest absolute Gasteiger partial charge is 0.389 e. The third-order valence-electron chi connectivity index (χ3n) is 1.01. The van der Waals surface area contributed by atoms with Crippen molar-refractivity contribution < 1.29 is 9.53 Å². The van der Waals surface area contributed by atoms with E-state index in [1.165, 1.54) is 0 Å². The molecule has 7 heteroatoms. The first-order valence-electron chi connectivity index (χ1n) is 3.16. The second kappa shape index (κ2) is 3.48. The number of nitrogens with one attached hydrogen (secondary N) is 2. The Morgan fingerprint density at radius 3 is 2.69 bits per heavy atom. The van der Waals surface area contributed by atoms with Crippen molar-refractivity contribution in [2.24, 2.45) is 0 Å². The van der Waals surface area contributed by atoms with Crippen LogP contribution in [0.3, 0.4) is 0 Å². The number of esters is 1. The van der Waals surface area contributed by atoms with Gasteiger partial charge in [-0.1, -0.05) is 6.58 Å². The molecule has 0 aliphatic heterocycles. The van der Waals surface area contributed by atoms with E-state index in [4.69, 9.17) is 0 Å². The molecule has 0 amide bonds. The van der Waals surface area contributed by atoms with E-state index in [1.54, 1.807) is 4.98 Å². The lowest BCUT2D eigenvalue weighted by atomic mass is 10.7. The van der Waals surface area contributed by atoms with Crippen LogP contribution in [-0.2, 0) is 4.79 Å². The van der Waals surface area contributed by atoms with Crippen molar-refractivity contribution >= 4 is 5.97 Å². The molecule has 1 aromatic rings. The van der Waals surface area contributed by atoms with Crippen LogP contribution >= 0.6 is 0 Å². The molecule has 13 heavy (non-hydrogen) atoms. The van der Waals surface area contributed by atoms with E-state index in [1.807, 2.05) is 4.98 Å². The number of ether oxygens (including phenoxy) is 1. The molecule has 0 aliphatic rings. The molecule has 1 rings (SSSR count). The number of hydrogen-bond acceptors (Lipinski definition) is 5. The number of carbonyl (C=O) groups is 1. The van der Waals surface area contributed by atoms with E-state index in [2.05, 4.69) is 16.3 Å². The van der Waals surface area contributed by atoms with Gasteiger partial charge in [-0.2, -0.15) is 0 Å². The summed E-state index contributed by atoms with van der Waals surface area (Å²) < 4.78 is 4.38. The highest BCUT2D eigenvalue weighted by atomic mass is 16.5. The molecule has 0 bridgehead atoms. The number of nitrogens with zero attached hydrogens (tertiary/aromatic N) is 1. The van der Waals surface area contributed by atoms with E-state index < -0.39 is 23.4 Å². The first-order valence-corrected chi connectivity index (χ1v) is 3.16. The van der Waals surface area contributed by atoms with Gasteiger partial charge in [-0.3, -0.25) is 9.97 Å². The van der Waals surface area contributed by atoms with Gasteiger partial charge in [-0.25, -0.2) is 14.4 Å². The van der Waals surface area contributed by atoms with E-state index in [0.717, 1.165) is 6.08 Å². The number of hydrogen-bond donors (Lipinski definition) is 2.